The standard InChI is InChI=1S/C25H41NO6S/c1-5-7-8-16-33-17-14-26(25(29)32-19-20(3)4)13-15-31-22-11-9-21(10-12-22)18-23(24(27)28)30-6-2/h9-12,20,23H,5-8,13-19H2,1-4H3,(H,27,28). The second kappa shape index (κ2) is 17.5. The van der Waals surface area contributed by atoms with Gasteiger partial charge in [-0.1, -0.05) is 45.7 Å². The van der Waals surface area contributed by atoms with Gasteiger partial charge in [0.2, 0.25) is 0 Å². The van der Waals surface area contributed by atoms with Crippen molar-refractivity contribution < 1.29 is 28.9 Å². The van der Waals surface area contributed by atoms with Crippen LogP contribution in [0.1, 0.15) is 52.5 Å². The lowest BCUT2D eigenvalue weighted by atomic mass is 10.1. The maximum absolute atomic E-state index is 12.5. The van der Waals surface area contributed by atoms with Gasteiger partial charge in [-0.15, -0.1) is 0 Å². The van der Waals surface area contributed by atoms with Crippen LogP contribution in [-0.2, 0) is 20.7 Å². The third-order valence-electron chi connectivity index (χ3n) is 4.81. The number of carbonyl (C=O) groups is 2. The van der Waals surface area contributed by atoms with Gasteiger partial charge in [0.15, 0.2) is 6.10 Å². The number of carboxylic acid groups (broad SMARTS) is 1. The van der Waals surface area contributed by atoms with Crippen molar-refractivity contribution in [3.05, 3.63) is 29.8 Å². The molecule has 188 valence electrons. The Morgan fingerprint density at radius 1 is 1.06 bits per heavy atom. The van der Waals surface area contributed by atoms with E-state index in [9.17, 15) is 14.7 Å². The lowest BCUT2D eigenvalue weighted by molar-refractivity contribution is -0.149. The van der Waals surface area contributed by atoms with E-state index < -0.39 is 12.1 Å². The van der Waals surface area contributed by atoms with Gasteiger partial charge < -0.3 is 24.2 Å². The average Bonchev–Trinajstić information content (AvgIpc) is 2.79. The Labute approximate surface area is 203 Å². The van der Waals surface area contributed by atoms with Crippen molar-refractivity contribution in [2.75, 3.05) is 44.4 Å². The molecular formula is C25H41NO6S. The van der Waals surface area contributed by atoms with Gasteiger partial charge in [-0.05, 0) is 42.7 Å². The summed E-state index contributed by atoms with van der Waals surface area (Å²) in [6.07, 6.45) is 2.80. The molecule has 7 nitrogen and oxygen atoms in total. The quantitative estimate of drug-likeness (QED) is 0.290. The first kappa shape index (κ1) is 29.1. The summed E-state index contributed by atoms with van der Waals surface area (Å²) in [5.41, 5.74) is 0.863. The van der Waals surface area contributed by atoms with E-state index in [1.165, 1.54) is 19.3 Å². The lowest BCUT2D eigenvalue weighted by Crippen LogP contribution is -2.37. The molecule has 0 aliphatic rings. The van der Waals surface area contributed by atoms with E-state index in [-0.39, 0.29) is 12.0 Å². The number of rotatable bonds is 18. The van der Waals surface area contributed by atoms with E-state index in [1.807, 2.05) is 49.9 Å². The zero-order valence-corrected chi connectivity index (χ0v) is 21.4. The van der Waals surface area contributed by atoms with Crippen molar-refractivity contribution in [1.82, 2.24) is 4.90 Å². The van der Waals surface area contributed by atoms with Crippen molar-refractivity contribution in [3.8, 4) is 5.75 Å². The molecule has 0 aliphatic heterocycles. The number of thioether (sulfide) groups is 1. The van der Waals surface area contributed by atoms with Crippen LogP contribution >= 0.6 is 11.8 Å². The number of amides is 1. The summed E-state index contributed by atoms with van der Waals surface area (Å²) in [6, 6.07) is 7.30. The molecule has 1 aromatic rings. The molecule has 1 unspecified atom stereocenters. The van der Waals surface area contributed by atoms with Gasteiger partial charge in [-0.2, -0.15) is 11.8 Å². The minimum Gasteiger partial charge on any atom is -0.492 e. The summed E-state index contributed by atoms with van der Waals surface area (Å²) in [7, 11) is 0. The molecule has 0 fully saturated rings. The van der Waals surface area contributed by atoms with Crippen LogP contribution in [0.2, 0.25) is 0 Å². The summed E-state index contributed by atoms with van der Waals surface area (Å²) in [6.45, 7) is 10.2. The molecule has 1 aromatic carbocycles. The maximum atomic E-state index is 12.5. The van der Waals surface area contributed by atoms with Crippen molar-refractivity contribution >= 4 is 23.8 Å². The van der Waals surface area contributed by atoms with Crippen molar-refractivity contribution in [2.45, 2.75) is 59.5 Å². The first-order valence-corrected chi connectivity index (χ1v) is 13.1. The number of carboxylic acids is 1. The molecule has 33 heavy (non-hydrogen) atoms. The molecule has 0 saturated heterocycles. The van der Waals surface area contributed by atoms with E-state index in [0.29, 0.717) is 45.1 Å². The Kier molecular flexibility index (Phi) is 15.5. The van der Waals surface area contributed by atoms with Crippen LogP contribution in [0.25, 0.3) is 0 Å². The highest BCUT2D eigenvalue weighted by Crippen LogP contribution is 2.15. The van der Waals surface area contributed by atoms with E-state index in [4.69, 9.17) is 14.2 Å². The second-order valence-electron chi connectivity index (χ2n) is 8.26. The molecule has 0 heterocycles. The van der Waals surface area contributed by atoms with Crippen LogP contribution in [0, 0.1) is 5.92 Å². The molecular weight excluding hydrogens is 442 g/mol. The lowest BCUT2D eigenvalue weighted by Gasteiger charge is -2.22. The van der Waals surface area contributed by atoms with E-state index in [2.05, 4.69) is 6.92 Å². The highest BCUT2D eigenvalue weighted by molar-refractivity contribution is 7.99. The zero-order chi connectivity index (χ0) is 24.5. The van der Waals surface area contributed by atoms with Crippen molar-refractivity contribution in [2.24, 2.45) is 5.92 Å². The zero-order valence-electron chi connectivity index (χ0n) is 20.6. The van der Waals surface area contributed by atoms with Crippen LogP contribution in [0.15, 0.2) is 24.3 Å². The largest absolute Gasteiger partial charge is 0.492 e. The predicted molar refractivity (Wildman–Crippen MR) is 133 cm³/mol. The predicted octanol–water partition coefficient (Wildman–Crippen LogP) is 5.12. The van der Waals surface area contributed by atoms with Crippen LogP contribution in [0.3, 0.4) is 0 Å². The van der Waals surface area contributed by atoms with E-state index in [1.54, 1.807) is 11.8 Å². The second-order valence-corrected chi connectivity index (χ2v) is 9.48. The Bertz CT molecular complexity index is 667. The molecule has 0 aliphatic carbocycles. The number of hydrogen-bond acceptors (Lipinski definition) is 6. The van der Waals surface area contributed by atoms with Gasteiger partial charge in [-0.3, -0.25) is 0 Å². The molecule has 0 radical (unpaired) electrons. The Hall–Kier alpha value is -1.93. The van der Waals surface area contributed by atoms with Gasteiger partial charge in [0.05, 0.1) is 13.2 Å². The fourth-order valence-corrected chi connectivity index (χ4v) is 3.94. The SMILES string of the molecule is CCCCCSCCN(CCOc1ccc(CC(OCC)C(=O)O)cc1)C(=O)OCC(C)C. The van der Waals surface area contributed by atoms with Gasteiger partial charge in [0.25, 0.3) is 0 Å². The Balaban J connectivity index is 2.52. The molecule has 1 atom stereocenters. The topological polar surface area (TPSA) is 85.3 Å². The Morgan fingerprint density at radius 3 is 2.39 bits per heavy atom. The minimum atomic E-state index is -0.967. The maximum Gasteiger partial charge on any atom is 0.409 e. The molecule has 1 rings (SSSR count). The van der Waals surface area contributed by atoms with Gasteiger partial charge >= 0.3 is 12.1 Å². The first-order valence-electron chi connectivity index (χ1n) is 11.9. The fraction of sp³-hybridized carbons (Fsp3) is 0.680. The van der Waals surface area contributed by atoms with Crippen LogP contribution < -0.4 is 4.74 Å². The summed E-state index contributed by atoms with van der Waals surface area (Å²) >= 11 is 1.86. The minimum absolute atomic E-state index is 0.289. The average molecular weight is 484 g/mol. The third kappa shape index (κ3) is 13.4. The number of benzene rings is 1. The highest BCUT2D eigenvalue weighted by atomic mass is 32.2. The van der Waals surface area contributed by atoms with Crippen LogP contribution in [0.5, 0.6) is 5.75 Å². The number of ether oxygens (including phenoxy) is 3. The summed E-state index contributed by atoms with van der Waals surface area (Å²) in [5.74, 6) is 1.98. The molecule has 0 saturated carbocycles. The molecule has 0 aromatic heterocycles. The molecule has 1 N–H and O–H groups in total. The monoisotopic (exact) mass is 483 g/mol. The molecule has 0 bridgehead atoms. The van der Waals surface area contributed by atoms with E-state index in [0.717, 1.165) is 17.1 Å². The first-order chi connectivity index (χ1) is 15.9. The number of nitrogens with zero attached hydrogens (tertiary/aromatic N) is 1. The third-order valence-corrected chi connectivity index (χ3v) is 5.86. The van der Waals surface area contributed by atoms with Crippen LogP contribution in [-0.4, -0.2) is 72.6 Å². The Morgan fingerprint density at radius 2 is 1.79 bits per heavy atom. The fourth-order valence-electron chi connectivity index (χ4n) is 2.98. The van der Waals surface area contributed by atoms with E-state index >= 15 is 0 Å². The van der Waals surface area contributed by atoms with Gasteiger partial charge in [-0.25, -0.2) is 9.59 Å². The summed E-state index contributed by atoms with van der Waals surface area (Å²) in [4.78, 5) is 25.5. The molecule has 8 heteroatoms. The summed E-state index contributed by atoms with van der Waals surface area (Å²) in [5, 5.41) is 9.22. The van der Waals surface area contributed by atoms with Gasteiger partial charge in [0, 0.05) is 25.3 Å². The number of hydrogen-bond donors (Lipinski definition) is 1. The molecule has 1 amide bonds. The smallest absolute Gasteiger partial charge is 0.409 e. The van der Waals surface area contributed by atoms with Gasteiger partial charge in [0.1, 0.15) is 12.4 Å². The molecule has 0 spiro atoms. The van der Waals surface area contributed by atoms with Crippen molar-refractivity contribution in [3.63, 3.8) is 0 Å². The van der Waals surface area contributed by atoms with Crippen molar-refractivity contribution in [1.29, 1.82) is 0 Å². The van der Waals surface area contributed by atoms with Crippen LogP contribution in [0.4, 0.5) is 4.79 Å². The highest BCUT2D eigenvalue weighted by Gasteiger charge is 2.18. The normalized spacial score (nSPS) is 11.9. The summed E-state index contributed by atoms with van der Waals surface area (Å²) < 4.78 is 16.5. The number of carbonyl (C=O) groups excluding carboxylic acids is 1. The number of aliphatic carboxylic acids is 1. The number of unbranched alkanes of at least 4 members (excludes halogenated alkanes) is 2.